The van der Waals surface area contributed by atoms with Crippen molar-refractivity contribution >= 4 is 11.8 Å². The maximum Gasteiger partial charge on any atom is 0.407 e. The van der Waals surface area contributed by atoms with Crippen LogP contribution in [0.15, 0.2) is 24.3 Å². The minimum atomic E-state index is -0.466. The van der Waals surface area contributed by atoms with Crippen LogP contribution in [-0.2, 0) is 11.2 Å². The molecule has 0 heterocycles. The number of hydrogen-bond acceptors (Lipinski definition) is 4. The average Bonchev–Trinajstić information content (AvgIpc) is 2.26. The maximum absolute atomic E-state index is 11.6. The van der Waals surface area contributed by atoms with Crippen molar-refractivity contribution in [2.45, 2.75) is 45.8 Å². The highest BCUT2D eigenvalue weighted by atomic mass is 16.6. The van der Waals surface area contributed by atoms with Crippen LogP contribution in [0.5, 0.6) is 0 Å². The fourth-order valence-electron chi connectivity index (χ4n) is 1.65. The third kappa shape index (κ3) is 5.69. The molecule has 1 aromatic rings. The highest BCUT2D eigenvalue weighted by molar-refractivity contribution is 5.68. The maximum atomic E-state index is 11.6. The van der Waals surface area contributed by atoms with E-state index in [4.69, 9.17) is 4.74 Å². The van der Waals surface area contributed by atoms with Gasteiger partial charge in [-0.1, -0.05) is 12.1 Å². The topological polar surface area (TPSA) is 81.5 Å². The second kappa shape index (κ2) is 6.36. The Morgan fingerprint density at radius 1 is 1.35 bits per heavy atom. The van der Waals surface area contributed by atoms with Gasteiger partial charge in [-0.2, -0.15) is 0 Å². The lowest BCUT2D eigenvalue weighted by Crippen LogP contribution is -2.42. The monoisotopic (exact) mass is 280 g/mol. The fourth-order valence-corrected chi connectivity index (χ4v) is 1.65. The molecule has 1 unspecified atom stereocenters. The summed E-state index contributed by atoms with van der Waals surface area (Å²) in [5, 5.41) is 13.3. The smallest absolute Gasteiger partial charge is 0.407 e. The molecular formula is C14H20N2O4. The molecule has 0 radical (unpaired) electrons. The van der Waals surface area contributed by atoms with Gasteiger partial charge in [-0.15, -0.1) is 0 Å². The molecule has 110 valence electrons. The molecule has 1 aromatic carbocycles. The van der Waals surface area contributed by atoms with Gasteiger partial charge >= 0.3 is 6.09 Å². The summed E-state index contributed by atoms with van der Waals surface area (Å²) in [6.45, 7) is 7.39. The number of alkyl carbamates (subject to hydrolysis) is 1. The van der Waals surface area contributed by atoms with E-state index < -0.39 is 11.0 Å². The third-order valence-electron chi connectivity index (χ3n) is 2.46. The third-order valence-corrected chi connectivity index (χ3v) is 2.46. The van der Waals surface area contributed by atoms with Crippen molar-refractivity contribution in [2.24, 2.45) is 0 Å². The van der Waals surface area contributed by atoms with Crippen molar-refractivity contribution in [1.29, 1.82) is 0 Å². The van der Waals surface area contributed by atoms with Crippen LogP contribution in [0, 0.1) is 10.1 Å². The number of nitro groups is 1. The van der Waals surface area contributed by atoms with Crippen molar-refractivity contribution in [3.63, 3.8) is 0 Å². The summed E-state index contributed by atoms with van der Waals surface area (Å²) in [6, 6.07) is 6.22. The number of nitrogens with zero attached hydrogens (tertiary/aromatic N) is 1. The van der Waals surface area contributed by atoms with Crippen molar-refractivity contribution in [1.82, 2.24) is 5.32 Å². The van der Waals surface area contributed by atoms with Crippen LogP contribution in [-0.4, -0.2) is 22.7 Å². The second-order valence-corrected chi connectivity index (χ2v) is 5.72. The Labute approximate surface area is 118 Å². The number of nitro benzene ring substituents is 1. The standard InChI is InChI=1S/C14H20N2O4/c1-10(20-13(17)15-14(2,3)4)9-11-5-7-12(8-6-11)16(18)19/h5-8,10H,9H2,1-4H3,(H,15,17). The number of amides is 1. The van der Waals surface area contributed by atoms with E-state index in [-0.39, 0.29) is 17.3 Å². The number of carbonyl (C=O) groups excluding carboxylic acids is 1. The van der Waals surface area contributed by atoms with E-state index in [1.54, 1.807) is 19.1 Å². The number of rotatable bonds is 4. The first-order valence-corrected chi connectivity index (χ1v) is 6.39. The van der Waals surface area contributed by atoms with E-state index in [0.29, 0.717) is 6.42 Å². The molecule has 0 aromatic heterocycles. The summed E-state index contributed by atoms with van der Waals surface area (Å²) in [5.74, 6) is 0. The van der Waals surface area contributed by atoms with Gasteiger partial charge < -0.3 is 10.1 Å². The Morgan fingerprint density at radius 2 is 1.90 bits per heavy atom. The van der Waals surface area contributed by atoms with E-state index >= 15 is 0 Å². The van der Waals surface area contributed by atoms with Crippen molar-refractivity contribution in [3.8, 4) is 0 Å². The fraction of sp³-hybridized carbons (Fsp3) is 0.500. The Kier molecular flexibility index (Phi) is 5.07. The SMILES string of the molecule is CC(Cc1ccc([N+](=O)[O-])cc1)OC(=O)NC(C)(C)C. The molecule has 0 saturated carbocycles. The van der Waals surface area contributed by atoms with E-state index in [0.717, 1.165) is 5.56 Å². The molecule has 1 N–H and O–H groups in total. The van der Waals surface area contributed by atoms with Gasteiger partial charge in [0.2, 0.25) is 0 Å². The zero-order valence-corrected chi connectivity index (χ0v) is 12.2. The van der Waals surface area contributed by atoms with Crippen LogP contribution in [0.1, 0.15) is 33.3 Å². The van der Waals surface area contributed by atoms with Crippen molar-refractivity contribution in [2.75, 3.05) is 0 Å². The zero-order chi connectivity index (χ0) is 15.3. The van der Waals surface area contributed by atoms with Crippen LogP contribution in [0.25, 0.3) is 0 Å². The molecule has 0 aliphatic heterocycles. The Balaban J connectivity index is 2.52. The number of carbonyl (C=O) groups is 1. The van der Waals surface area contributed by atoms with E-state index in [2.05, 4.69) is 5.32 Å². The first-order chi connectivity index (χ1) is 9.17. The van der Waals surface area contributed by atoms with Gasteiger partial charge in [0.05, 0.1) is 4.92 Å². The number of ether oxygens (including phenoxy) is 1. The van der Waals surface area contributed by atoms with Crippen LogP contribution in [0.2, 0.25) is 0 Å². The summed E-state index contributed by atoms with van der Waals surface area (Å²) < 4.78 is 5.22. The molecule has 1 atom stereocenters. The number of hydrogen-bond donors (Lipinski definition) is 1. The van der Waals surface area contributed by atoms with Gasteiger partial charge in [0.1, 0.15) is 6.10 Å². The molecule has 0 bridgehead atoms. The lowest BCUT2D eigenvalue weighted by molar-refractivity contribution is -0.384. The molecule has 6 nitrogen and oxygen atoms in total. The first-order valence-electron chi connectivity index (χ1n) is 6.39. The van der Waals surface area contributed by atoms with Crippen molar-refractivity contribution < 1.29 is 14.5 Å². The molecule has 6 heteroatoms. The van der Waals surface area contributed by atoms with Crippen LogP contribution in [0.3, 0.4) is 0 Å². The summed E-state index contributed by atoms with van der Waals surface area (Å²) in [7, 11) is 0. The molecule has 0 spiro atoms. The number of benzene rings is 1. The molecule has 20 heavy (non-hydrogen) atoms. The summed E-state index contributed by atoms with van der Waals surface area (Å²) in [6.07, 6.45) is -0.263. The normalized spacial score (nSPS) is 12.6. The van der Waals surface area contributed by atoms with Crippen LogP contribution in [0.4, 0.5) is 10.5 Å². The Morgan fingerprint density at radius 3 is 2.35 bits per heavy atom. The van der Waals surface area contributed by atoms with E-state index in [9.17, 15) is 14.9 Å². The van der Waals surface area contributed by atoms with Gasteiger partial charge in [0.25, 0.3) is 5.69 Å². The minimum Gasteiger partial charge on any atom is -0.446 e. The first kappa shape index (κ1) is 15.9. The minimum absolute atomic E-state index is 0.0489. The number of non-ortho nitro benzene ring substituents is 1. The molecule has 0 aliphatic rings. The van der Waals surface area contributed by atoms with Gasteiger partial charge in [0, 0.05) is 24.1 Å². The molecule has 1 rings (SSSR count). The average molecular weight is 280 g/mol. The quantitative estimate of drug-likeness (QED) is 0.679. The summed E-state index contributed by atoms with van der Waals surface area (Å²) >= 11 is 0. The molecule has 0 saturated heterocycles. The lowest BCUT2D eigenvalue weighted by atomic mass is 10.1. The highest BCUT2D eigenvalue weighted by Crippen LogP contribution is 2.14. The largest absolute Gasteiger partial charge is 0.446 e. The Hall–Kier alpha value is -2.11. The lowest BCUT2D eigenvalue weighted by Gasteiger charge is -2.22. The van der Waals surface area contributed by atoms with Crippen LogP contribution < -0.4 is 5.32 Å². The van der Waals surface area contributed by atoms with Gasteiger partial charge in [-0.25, -0.2) is 4.79 Å². The molecule has 1 amide bonds. The Bertz CT molecular complexity index is 477. The summed E-state index contributed by atoms with van der Waals surface area (Å²) in [5.41, 5.74) is 0.587. The zero-order valence-electron chi connectivity index (χ0n) is 12.2. The predicted molar refractivity (Wildman–Crippen MR) is 75.6 cm³/mol. The molecule has 0 fully saturated rings. The molecule has 0 aliphatic carbocycles. The van der Waals surface area contributed by atoms with E-state index in [1.165, 1.54) is 12.1 Å². The molecular weight excluding hydrogens is 260 g/mol. The van der Waals surface area contributed by atoms with Gasteiger partial charge in [-0.05, 0) is 33.3 Å². The van der Waals surface area contributed by atoms with Gasteiger partial charge in [-0.3, -0.25) is 10.1 Å². The van der Waals surface area contributed by atoms with Crippen LogP contribution >= 0.6 is 0 Å². The van der Waals surface area contributed by atoms with Crippen molar-refractivity contribution in [3.05, 3.63) is 39.9 Å². The van der Waals surface area contributed by atoms with E-state index in [1.807, 2.05) is 20.8 Å². The summed E-state index contributed by atoms with van der Waals surface area (Å²) in [4.78, 5) is 21.7. The van der Waals surface area contributed by atoms with Gasteiger partial charge in [0.15, 0.2) is 0 Å². The second-order valence-electron chi connectivity index (χ2n) is 5.72. The predicted octanol–water partition coefficient (Wildman–Crippen LogP) is 3.05. The number of nitrogens with one attached hydrogen (secondary N) is 1. The highest BCUT2D eigenvalue weighted by Gasteiger charge is 2.17.